The Morgan fingerprint density at radius 1 is 0.519 bits per heavy atom. The predicted molar refractivity (Wildman–Crippen MR) is 217 cm³/mol. The largest absolute Gasteiger partial charge is 0.486 e. The average molecular weight is 671 g/mol. The maximum Gasteiger partial charge on any atom is 0.154 e. The lowest BCUT2D eigenvalue weighted by Gasteiger charge is -2.13. The number of anilines is 1. The molecule has 0 saturated carbocycles. The van der Waals surface area contributed by atoms with E-state index in [4.69, 9.17) is 9.15 Å². The van der Waals surface area contributed by atoms with E-state index < -0.39 is 0 Å². The molecular weight excluding hydrogens is 637 g/mol. The summed E-state index contributed by atoms with van der Waals surface area (Å²) >= 11 is 0. The van der Waals surface area contributed by atoms with Crippen LogP contribution in [0.1, 0.15) is 5.56 Å². The first-order valence-corrected chi connectivity index (χ1v) is 17.7. The van der Waals surface area contributed by atoms with Crippen LogP contribution in [0.2, 0.25) is 0 Å². The van der Waals surface area contributed by atoms with Gasteiger partial charge in [-0.3, -0.25) is 0 Å². The second-order valence-corrected chi connectivity index (χ2v) is 13.3. The zero-order valence-corrected chi connectivity index (χ0v) is 28.6. The molecular formula is C48H34N2O2. The number of ether oxygens (including phenoxy) is 1. The van der Waals surface area contributed by atoms with Crippen LogP contribution in [0, 0.1) is 0 Å². The van der Waals surface area contributed by atoms with Crippen molar-refractivity contribution in [2.75, 3.05) is 12.4 Å². The topological polar surface area (TPSA) is 39.3 Å². The molecule has 10 aromatic rings. The molecule has 0 aliphatic carbocycles. The van der Waals surface area contributed by atoms with Gasteiger partial charge in [0, 0.05) is 28.9 Å². The summed E-state index contributed by atoms with van der Waals surface area (Å²) in [6, 6.07) is 60.2. The number of aromatic nitrogens is 1. The monoisotopic (exact) mass is 670 g/mol. The molecule has 0 amide bonds. The predicted octanol–water partition coefficient (Wildman–Crippen LogP) is 12.8. The van der Waals surface area contributed by atoms with Crippen LogP contribution in [0.4, 0.5) is 5.69 Å². The van der Waals surface area contributed by atoms with Gasteiger partial charge in [-0.15, -0.1) is 0 Å². The van der Waals surface area contributed by atoms with Crippen LogP contribution >= 0.6 is 0 Å². The molecule has 52 heavy (non-hydrogen) atoms. The van der Waals surface area contributed by atoms with E-state index in [9.17, 15) is 0 Å². The summed E-state index contributed by atoms with van der Waals surface area (Å²) in [4.78, 5) is 0. The van der Waals surface area contributed by atoms with Gasteiger partial charge in [-0.05, 0) is 93.2 Å². The first kappa shape index (κ1) is 30.1. The van der Waals surface area contributed by atoms with E-state index in [1.807, 2.05) is 25.2 Å². The maximum atomic E-state index is 6.65. The molecule has 0 spiro atoms. The molecule has 0 bridgehead atoms. The molecule has 8 aromatic carbocycles. The molecule has 4 heteroatoms. The Kier molecular flexibility index (Phi) is 7.07. The van der Waals surface area contributed by atoms with Crippen LogP contribution in [0.25, 0.3) is 82.5 Å². The summed E-state index contributed by atoms with van der Waals surface area (Å²) in [5.74, 6) is 0.792. The van der Waals surface area contributed by atoms with Gasteiger partial charge in [-0.1, -0.05) is 115 Å². The third-order valence-corrected chi connectivity index (χ3v) is 10.3. The fourth-order valence-corrected chi connectivity index (χ4v) is 7.77. The number of furan rings is 1. The van der Waals surface area contributed by atoms with Gasteiger partial charge in [0.15, 0.2) is 5.75 Å². The Balaban J connectivity index is 1.01. The van der Waals surface area contributed by atoms with E-state index >= 15 is 0 Å². The minimum Gasteiger partial charge on any atom is -0.486 e. The van der Waals surface area contributed by atoms with Gasteiger partial charge in [0.25, 0.3) is 0 Å². The summed E-state index contributed by atoms with van der Waals surface area (Å²) in [5, 5.41) is 10.4. The number of hydrogen-bond acceptors (Lipinski definition) is 3. The van der Waals surface area contributed by atoms with E-state index in [1.165, 1.54) is 49.3 Å². The van der Waals surface area contributed by atoms with Gasteiger partial charge >= 0.3 is 0 Å². The van der Waals surface area contributed by atoms with Crippen LogP contribution in [0.15, 0.2) is 174 Å². The van der Waals surface area contributed by atoms with Gasteiger partial charge in [0.1, 0.15) is 17.8 Å². The lowest BCUT2D eigenvalue weighted by molar-refractivity contribution is 0.311. The molecule has 248 valence electrons. The summed E-state index contributed by atoms with van der Waals surface area (Å²) in [5.41, 5.74) is 11.9. The fourth-order valence-electron chi connectivity index (χ4n) is 7.77. The highest BCUT2D eigenvalue weighted by molar-refractivity contribution is 6.22. The van der Waals surface area contributed by atoms with Crippen LogP contribution in [0.5, 0.6) is 5.75 Å². The van der Waals surface area contributed by atoms with Crippen molar-refractivity contribution in [3.63, 3.8) is 0 Å². The van der Waals surface area contributed by atoms with Crippen LogP contribution < -0.4 is 10.1 Å². The standard InChI is InChI=1S/C48H34N2O2/c1-49-41-23-27-45-47(40-29-36(22-26-44(40)52-45)32-10-4-2-5-11-32)48(41)51-30-31-16-18-33(19-17-31)35-21-24-42-39(28-35)46-38-15-9-8-12-34(38)20-25-43(46)50(42)37-13-6-3-7-14-37/h2-29,49H,30H2,1H3. The van der Waals surface area contributed by atoms with Gasteiger partial charge in [-0.2, -0.15) is 0 Å². The number of fused-ring (bicyclic) bond motifs is 8. The average Bonchev–Trinajstić information content (AvgIpc) is 3.76. The zero-order valence-electron chi connectivity index (χ0n) is 28.6. The van der Waals surface area contributed by atoms with Crippen molar-refractivity contribution in [1.29, 1.82) is 0 Å². The van der Waals surface area contributed by atoms with Gasteiger partial charge < -0.3 is 19.0 Å². The number of nitrogens with one attached hydrogen (secondary N) is 1. The zero-order chi connectivity index (χ0) is 34.6. The number of hydrogen-bond donors (Lipinski definition) is 1. The number of para-hydroxylation sites is 1. The molecule has 0 radical (unpaired) electrons. The van der Waals surface area contributed by atoms with Gasteiger partial charge in [-0.25, -0.2) is 0 Å². The second kappa shape index (κ2) is 12.2. The van der Waals surface area contributed by atoms with E-state index in [0.717, 1.165) is 50.2 Å². The third kappa shape index (κ3) is 4.91. The molecule has 1 N–H and O–H groups in total. The van der Waals surface area contributed by atoms with E-state index in [-0.39, 0.29) is 0 Å². The van der Waals surface area contributed by atoms with Gasteiger partial charge in [0.2, 0.25) is 0 Å². The normalized spacial score (nSPS) is 11.6. The van der Waals surface area contributed by atoms with Crippen LogP contribution in [-0.4, -0.2) is 11.6 Å². The molecule has 0 atom stereocenters. The Morgan fingerprint density at radius 3 is 1.98 bits per heavy atom. The van der Waals surface area contributed by atoms with E-state index in [1.54, 1.807) is 0 Å². The lowest BCUT2D eigenvalue weighted by atomic mass is 9.99. The Bertz CT molecular complexity index is 2920. The summed E-state index contributed by atoms with van der Waals surface area (Å²) in [6.45, 7) is 0.425. The minimum atomic E-state index is 0.425. The number of nitrogens with zero attached hydrogens (tertiary/aromatic N) is 1. The van der Waals surface area contributed by atoms with Crippen molar-refractivity contribution in [3.05, 3.63) is 175 Å². The Morgan fingerprint density at radius 2 is 1.17 bits per heavy atom. The molecule has 10 rings (SSSR count). The van der Waals surface area contributed by atoms with Crippen molar-refractivity contribution < 1.29 is 9.15 Å². The molecule has 0 aliphatic heterocycles. The molecule has 0 unspecified atom stereocenters. The summed E-state index contributed by atoms with van der Waals surface area (Å²) in [7, 11) is 1.93. The highest BCUT2D eigenvalue weighted by Crippen LogP contribution is 2.43. The van der Waals surface area contributed by atoms with Crippen molar-refractivity contribution in [2.45, 2.75) is 6.61 Å². The Hall–Kier alpha value is -6.78. The highest BCUT2D eigenvalue weighted by atomic mass is 16.5. The molecule has 0 fully saturated rings. The quantitative estimate of drug-likeness (QED) is 0.183. The fraction of sp³-hybridized carbons (Fsp3) is 0.0417. The first-order valence-electron chi connectivity index (χ1n) is 17.7. The van der Waals surface area contributed by atoms with Crippen molar-refractivity contribution >= 4 is 60.2 Å². The minimum absolute atomic E-state index is 0.425. The van der Waals surface area contributed by atoms with E-state index in [0.29, 0.717) is 6.61 Å². The molecule has 4 nitrogen and oxygen atoms in total. The highest BCUT2D eigenvalue weighted by Gasteiger charge is 2.18. The maximum absolute atomic E-state index is 6.65. The molecule has 2 aromatic heterocycles. The summed E-state index contributed by atoms with van der Waals surface area (Å²) in [6.07, 6.45) is 0. The molecule has 2 heterocycles. The Labute approximate surface area is 301 Å². The summed E-state index contributed by atoms with van der Waals surface area (Å²) < 4.78 is 15.3. The van der Waals surface area contributed by atoms with Crippen LogP contribution in [0.3, 0.4) is 0 Å². The third-order valence-electron chi connectivity index (χ3n) is 10.3. The smallest absolute Gasteiger partial charge is 0.154 e. The van der Waals surface area contributed by atoms with Crippen molar-refractivity contribution in [1.82, 2.24) is 4.57 Å². The van der Waals surface area contributed by atoms with Gasteiger partial charge in [0.05, 0.1) is 22.1 Å². The van der Waals surface area contributed by atoms with Crippen molar-refractivity contribution in [2.24, 2.45) is 0 Å². The number of benzene rings is 8. The van der Waals surface area contributed by atoms with Crippen molar-refractivity contribution in [3.8, 4) is 33.7 Å². The molecule has 0 saturated heterocycles. The van der Waals surface area contributed by atoms with E-state index in [2.05, 4.69) is 162 Å². The van der Waals surface area contributed by atoms with Crippen LogP contribution in [-0.2, 0) is 6.61 Å². The SMILES string of the molecule is CNc1ccc2oc3ccc(-c4ccccc4)cc3c2c1OCc1ccc(-c2ccc3c(c2)c2c4ccccc4ccc2n3-c2ccccc2)cc1. The molecule has 0 aliphatic rings. The lowest BCUT2D eigenvalue weighted by Crippen LogP contribution is -2.00. The second-order valence-electron chi connectivity index (χ2n) is 13.3. The number of rotatable bonds is 7. The first-order chi connectivity index (χ1) is 25.7.